The first-order chi connectivity index (χ1) is 29.6. The third-order valence-electron chi connectivity index (χ3n) is 7.64. The lowest BCUT2D eigenvalue weighted by molar-refractivity contribution is -0.136. The highest BCUT2D eigenvalue weighted by molar-refractivity contribution is 6.10. The molecule has 0 spiro atoms. The van der Waals surface area contributed by atoms with Gasteiger partial charge in [-0.2, -0.15) is 0 Å². The second-order valence-electron chi connectivity index (χ2n) is 16.1. The molecule has 10 nitrogen and oxygen atoms in total. The van der Waals surface area contributed by atoms with Gasteiger partial charge in [-0.05, 0) is 127 Å². The van der Waals surface area contributed by atoms with E-state index in [1.807, 2.05) is 52.8 Å². The van der Waals surface area contributed by atoms with E-state index in [4.69, 9.17) is 25.2 Å². The first-order valence-corrected chi connectivity index (χ1v) is 20.7. The van der Waals surface area contributed by atoms with Gasteiger partial charge in [-0.3, -0.25) is 19.6 Å². The van der Waals surface area contributed by atoms with Gasteiger partial charge in [0.25, 0.3) is 5.97 Å². The molecule has 1 aliphatic heterocycles. The third-order valence-corrected chi connectivity index (χ3v) is 7.64. The lowest BCUT2D eigenvalue weighted by atomic mass is 9.90. The number of allylic oxidation sites excluding steroid dienone is 2. The van der Waals surface area contributed by atoms with E-state index in [0.29, 0.717) is 23.1 Å². The highest BCUT2D eigenvalue weighted by Gasteiger charge is 2.16. The van der Waals surface area contributed by atoms with E-state index >= 15 is 0 Å². The summed E-state index contributed by atoms with van der Waals surface area (Å²) in [7, 11) is 1.75. The Labute approximate surface area is 377 Å². The van der Waals surface area contributed by atoms with Gasteiger partial charge in [0.15, 0.2) is 0 Å². The summed E-state index contributed by atoms with van der Waals surface area (Å²) in [5.74, 6) is -1.25. The van der Waals surface area contributed by atoms with Crippen LogP contribution in [0.3, 0.4) is 0 Å². The highest BCUT2D eigenvalue weighted by atomic mass is 16.5. The Hall–Kier alpha value is -6.44. The van der Waals surface area contributed by atoms with Gasteiger partial charge < -0.3 is 30.5 Å². The van der Waals surface area contributed by atoms with Crippen LogP contribution < -0.4 is 10.6 Å². The van der Waals surface area contributed by atoms with E-state index < -0.39 is 17.5 Å². The van der Waals surface area contributed by atoms with E-state index in [2.05, 4.69) is 111 Å². The van der Waals surface area contributed by atoms with Gasteiger partial charge in [-0.1, -0.05) is 96.7 Å². The second-order valence-corrected chi connectivity index (χ2v) is 16.1. The van der Waals surface area contributed by atoms with Gasteiger partial charge in [0.05, 0.1) is 30.2 Å². The van der Waals surface area contributed by atoms with Gasteiger partial charge >= 0.3 is 5.97 Å². The SMILES string of the molecule is C#C.C=CN=C/C(=C\C)c1ccc(-c2ccc3c(/C=c4\nccc5c4=C(C=N)OCC5)c(CC(=O)O)c(C)cc3c2)cc1.CC.CC(=O)O.CC(C)(C)C.CC(C)(C)O.CC=NC. The van der Waals surface area contributed by atoms with Gasteiger partial charge in [0, 0.05) is 44.2 Å². The number of rotatable bonds is 8. The van der Waals surface area contributed by atoms with Crippen LogP contribution in [-0.2, 0) is 27.2 Å². The van der Waals surface area contributed by atoms with Crippen molar-refractivity contribution in [1.82, 2.24) is 4.98 Å². The Morgan fingerprint density at radius 2 is 1.48 bits per heavy atom. The summed E-state index contributed by atoms with van der Waals surface area (Å²) in [5, 5.41) is 37.0. The number of aryl methyl sites for hydroxylation is 1. The van der Waals surface area contributed by atoms with Crippen molar-refractivity contribution in [2.75, 3.05) is 13.7 Å². The molecule has 4 aromatic rings. The molecule has 0 atom stereocenters. The maximum absolute atomic E-state index is 11.9. The Morgan fingerprint density at radius 3 is 1.94 bits per heavy atom. The molecule has 0 fully saturated rings. The van der Waals surface area contributed by atoms with Crippen LogP contribution in [0.1, 0.15) is 111 Å². The fraction of sp³-hybridized carbons (Fsp3) is 0.358. The minimum absolute atomic E-state index is 0.105. The number of carboxylic acid groups (broad SMARTS) is 2. The number of ether oxygens (including phenoxy) is 1. The number of nitrogens with zero attached hydrogens (tertiary/aromatic N) is 3. The predicted molar refractivity (Wildman–Crippen MR) is 268 cm³/mol. The number of fused-ring (bicyclic) bond motifs is 2. The van der Waals surface area contributed by atoms with Crippen LogP contribution in [0, 0.1) is 30.6 Å². The molecule has 340 valence electrons. The Kier molecular flexibility index (Phi) is 28.5. The topological polar surface area (TPSA) is 166 Å². The summed E-state index contributed by atoms with van der Waals surface area (Å²) >= 11 is 0. The van der Waals surface area contributed by atoms with Gasteiger partial charge in [-0.25, -0.2) is 0 Å². The van der Waals surface area contributed by atoms with Crippen LogP contribution in [-0.4, -0.2) is 70.1 Å². The first-order valence-electron chi connectivity index (χ1n) is 20.7. The number of carbonyl (C=O) groups is 2. The average molecular weight is 861 g/mol. The summed E-state index contributed by atoms with van der Waals surface area (Å²) in [6.45, 7) is 29.0. The quantitative estimate of drug-likeness (QED) is 0.101. The van der Waals surface area contributed by atoms with Crippen LogP contribution in [0.2, 0.25) is 0 Å². The van der Waals surface area contributed by atoms with Gasteiger partial charge in [-0.15, -0.1) is 12.8 Å². The number of terminal acetylenes is 1. The zero-order valence-corrected chi connectivity index (χ0v) is 40.1. The first kappa shape index (κ1) is 58.7. The van der Waals surface area contributed by atoms with Crippen LogP contribution in [0.5, 0.6) is 0 Å². The molecule has 4 N–H and O–H groups in total. The monoisotopic (exact) mass is 861 g/mol. The Balaban J connectivity index is 0. The molecule has 0 radical (unpaired) electrons. The molecule has 0 saturated heterocycles. The smallest absolute Gasteiger partial charge is 0.307 e. The summed E-state index contributed by atoms with van der Waals surface area (Å²) in [6, 6.07) is 18.6. The molecule has 0 amide bonds. The lowest BCUT2D eigenvalue weighted by Gasteiger charge is -2.16. The van der Waals surface area contributed by atoms with Crippen LogP contribution in [0.15, 0.2) is 89.6 Å². The number of hydrogen-bond acceptors (Lipinski definition) is 8. The lowest BCUT2D eigenvalue weighted by Crippen LogP contribution is -2.38. The van der Waals surface area contributed by atoms with E-state index in [1.54, 1.807) is 46.4 Å². The van der Waals surface area contributed by atoms with Crippen molar-refractivity contribution in [1.29, 1.82) is 5.41 Å². The van der Waals surface area contributed by atoms with Crippen LogP contribution in [0.4, 0.5) is 0 Å². The van der Waals surface area contributed by atoms with Crippen molar-refractivity contribution in [2.24, 2.45) is 15.4 Å². The normalized spacial score (nSPS) is 12.0. The maximum atomic E-state index is 11.9. The van der Waals surface area contributed by atoms with Crippen molar-refractivity contribution in [3.05, 3.63) is 118 Å². The molecule has 5 rings (SSSR count). The summed E-state index contributed by atoms with van der Waals surface area (Å²) in [4.78, 5) is 33.3. The highest BCUT2D eigenvalue weighted by Crippen LogP contribution is 2.32. The molecule has 0 bridgehead atoms. The third kappa shape index (κ3) is 24.0. The van der Waals surface area contributed by atoms with E-state index in [1.165, 1.54) is 12.4 Å². The number of benzene rings is 3. The minimum Gasteiger partial charge on any atom is -0.491 e. The second kappa shape index (κ2) is 30.6. The molecule has 3 aromatic carbocycles. The van der Waals surface area contributed by atoms with Crippen LogP contribution >= 0.6 is 0 Å². The van der Waals surface area contributed by atoms with E-state index in [0.717, 1.165) is 73.9 Å². The van der Waals surface area contributed by atoms with Crippen molar-refractivity contribution in [2.45, 2.75) is 108 Å². The van der Waals surface area contributed by atoms with E-state index in [-0.39, 0.29) is 6.42 Å². The summed E-state index contributed by atoms with van der Waals surface area (Å²) < 4.78 is 5.76. The molecular formula is C53H72N4O6. The van der Waals surface area contributed by atoms with Crippen molar-refractivity contribution < 1.29 is 29.6 Å². The minimum atomic E-state index is -0.893. The number of pyridine rings is 1. The molecule has 63 heavy (non-hydrogen) atoms. The van der Waals surface area contributed by atoms with Gasteiger partial charge in [0.2, 0.25) is 0 Å². The Bertz CT molecular complexity index is 2270. The number of aliphatic hydroxyl groups is 1. The standard InChI is InChI=1S/C35H31N3O3.C5H12.C4H10O.C3H7N.C2H4O2.C2H6.C2H2/c1-4-23(21-37-5-2)24-6-8-25(9-7-24)27-10-11-29-28(17-27)16-22(3)30(19-34(39)40)31(29)18-32-35-26(12-14-38-32)13-15-41-33(35)20-36;1-5(2,3)4;1-4(2,3)5;1-3-4-2;1-2(3)4;2*1-2/h4-12,14,16-18,20-21,36H,2,13,15,19H2,1,3H3,(H,39,40);1-4H3;5H,1-3H3;3H,1-2H3;1H3,(H,3,4);1-2H3;1-2H/b23-4+,32-18-,36-20?,37-21?;;;;;;. The molecule has 1 aliphatic rings. The van der Waals surface area contributed by atoms with Crippen molar-refractivity contribution in [3.8, 4) is 24.0 Å². The molecular weight excluding hydrogens is 789 g/mol. The number of hydrogen-bond donors (Lipinski definition) is 4. The average Bonchev–Trinajstić information content (AvgIpc) is 3.22. The maximum Gasteiger partial charge on any atom is 0.307 e. The molecule has 0 saturated carbocycles. The number of aliphatic imine (C=N–C) groups is 2. The van der Waals surface area contributed by atoms with E-state index in [9.17, 15) is 9.90 Å². The fourth-order valence-corrected chi connectivity index (χ4v) is 5.37. The number of carboxylic acids is 2. The predicted octanol–water partition coefficient (Wildman–Crippen LogP) is 10.5. The summed E-state index contributed by atoms with van der Waals surface area (Å²) in [5.41, 5.74) is 7.75. The zero-order chi connectivity index (χ0) is 48.9. The van der Waals surface area contributed by atoms with Gasteiger partial charge in [0.1, 0.15) is 5.76 Å². The van der Waals surface area contributed by atoms with Crippen molar-refractivity contribution >= 4 is 58.8 Å². The largest absolute Gasteiger partial charge is 0.491 e. The number of aromatic nitrogens is 1. The zero-order valence-electron chi connectivity index (χ0n) is 40.1. The summed E-state index contributed by atoms with van der Waals surface area (Å²) in [6.07, 6.45) is 20.6. The number of aliphatic carboxylic acids is 2. The molecule has 0 unspecified atom stereocenters. The number of nitrogens with one attached hydrogen (secondary N) is 1. The molecule has 10 heteroatoms. The molecule has 2 heterocycles. The Morgan fingerprint density at radius 1 is 0.952 bits per heavy atom. The molecule has 0 aliphatic carbocycles. The van der Waals surface area contributed by atoms with Crippen LogP contribution in [0.25, 0.3) is 39.3 Å². The van der Waals surface area contributed by atoms with Crippen molar-refractivity contribution in [3.63, 3.8) is 0 Å². The molecule has 1 aromatic heterocycles. The fourth-order valence-electron chi connectivity index (χ4n) is 5.37.